The first-order valence-corrected chi connectivity index (χ1v) is 33.6. The van der Waals surface area contributed by atoms with E-state index < -0.39 is 0 Å². The number of phenolic OH excluding ortho intramolecular Hbond substituents is 2. The smallest absolute Gasteiger partial charge is 0.147 e. The third-order valence-corrected chi connectivity index (χ3v) is 18.9. The van der Waals surface area contributed by atoms with Gasteiger partial charge in [-0.15, -0.1) is 0 Å². The second-order valence-electron chi connectivity index (χ2n) is 34.0. The summed E-state index contributed by atoms with van der Waals surface area (Å²) in [7, 11) is 0. The lowest BCUT2D eigenvalue weighted by atomic mass is 9.71. The molecule has 91 heavy (non-hydrogen) atoms. The summed E-state index contributed by atoms with van der Waals surface area (Å²) < 4.78 is 18.1. The summed E-state index contributed by atoms with van der Waals surface area (Å²) in [6, 6.07) is 47.2. The molecule has 8 aromatic carbocycles. The van der Waals surface area contributed by atoms with Crippen LogP contribution < -0.4 is 9.47 Å². The molecule has 0 fully saturated rings. The van der Waals surface area contributed by atoms with E-state index in [2.05, 4.69) is 259 Å². The summed E-state index contributed by atoms with van der Waals surface area (Å²) in [5, 5.41) is 31.9. The Balaban J connectivity index is 1.04. The van der Waals surface area contributed by atoms with Gasteiger partial charge in [0.05, 0.1) is 46.7 Å². The summed E-state index contributed by atoms with van der Waals surface area (Å²) in [5.41, 5.74) is 14.5. The molecule has 0 spiro atoms. The predicted octanol–water partition coefficient (Wildman–Crippen LogP) is 24.4. The van der Waals surface area contributed by atoms with Gasteiger partial charge in [0, 0.05) is 60.3 Å². The first-order chi connectivity index (χ1) is 42.0. The number of aromatic nitrogens is 2. The highest BCUT2D eigenvalue weighted by molar-refractivity contribution is 6.31. The van der Waals surface area contributed by atoms with Gasteiger partial charge >= 0.3 is 0 Å². The van der Waals surface area contributed by atoms with Crippen LogP contribution >= 0.6 is 23.2 Å². The van der Waals surface area contributed by atoms with Crippen LogP contribution in [0.1, 0.15) is 205 Å². The molecule has 0 radical (unpaired) electrons. The van der Waals surface area contributed by atoms with Crippen LogP contribution in [0.2, 0.25) is 10.0 Å². The minimum atomic E-state index is -0.301. The van der Waals surface area contributed by atoms with Crippen molar-refractivity contribution in [3.8, 4) is 56.6 Å². The van der Waals surface area contributed by atoms with Crippen molar-refractivity contribution in [1.82, 2.24) is 9.13 Å². The molecule has 2 heterocycles. The number of phenols is 2. The monoisotopic (exact) mass is 1260 g/mol. The maximum absolute atomic E-state index is 13.1. The highest BCUT2D eigenvalue weighted by atomic mass is 35.5. The van der Waals surface area contributed by atoms with Gasteiger partial charge < -0.3 is 28.8 Å². The number of hydrogen-bond acceptors (Lipinski definition) is 4. The fraction of sp³-hybridized carbons (Fsp3) is 0.422. The van der Waals surface area contributed by atoms with Crippen molar-refractivity contribution in [2.24, 2.45) is 10.8 Å². The quantitative estimate of drug-likeness (QED) is 0.106. The predicted molar refractivity (Wildman–Crippen MR) is 390 cm³/mol. The van der Waals surface area contributed by atoms with Crippen molar-refractivity contribution in [1.29, 1.82) is 0 Å². The molecule has 0 aliphatic carbocycles. The maximum Gasteiger partial charge on any atom is 0.147 e. The standard InChI is InChI=1S/C83H100Cl2N2O4/c1-76(2,3)48-82(19,20)54-42-64(74(88)70(44-54)86-66-30-24-50(78(7,8)9)38-58(66)59-39-51(79(10,11)12)25-31-67(59)86)62-46-56(84)28-34-72(62)90-36-23-37-91-73-35-29-57(85)47-63(73)65-43-55(83(21,22)49-77(4,5)6)45-71(75(65)89)87-68-32-26-52(80(13,14)15)40-60(68)61-41-53(81(16,17)18)27-33-69(61)87/h24-35,38-47,88-89H,23,36-37,48-49H2,1-22H3. The normalized spacial score (nSPS) is 13.4. The molecule has 2 N–H and O–H groups in total. The largest absolute Gasteiger partial charge is 0.505 e. The third kappa shape index (κ3) is 13.8. The van der Waals surface area contributed by atoms with Crippen LogP contribution in [0.3, 0.4) is 0 Å². The molecule has 0 aliphatic heterocycles. The Bertz CT molecular complexity index is 4000. The molecule has 6 nitrogen and oxygen atoms in total. The van der Waals surface area contributed by atoms with Crippen molar-refractivity contribution in [2.45, 2.75) is 204 Å². The Hall–Kier alpha value is -6.86. The first kappa shape index (κ1) is 67.0. The van der Waals surface area contributed by atoms with E-state index >= 15 is 0 Å². The van der Waals surface area contributed by atoms with E-state index in [1.54, 1.807) is 0 Å². The first-order valence-electron chi connectivity index (χ1n) is 32.8. The molecule has 8 heteroatoms. The van der Waals surface area contributed by atoms with Crippen LogP contribution in [0.25, 0.3) is 77.2 Å². The van der Waals surface area contributed by atoms with Gasteiger partial charge in [-0.05, 0) is 199 Å². The summed E-state index contributed by atoms with van der Waals surface area (Å²) in [5.74, 6) is 1.47. The van der Waals surface area contributed by atoms with E-state index in [0.29, 0.717) is 74.8 Å². The second kappa shape index (κ2) is 23.6. The summed E-state index contributed by atoms with van der Waals surface area (Å²) >= 11 is 14.0. The molecule has 0 unspecified atom stereocenters. The Morgan fingerprint density at radius 3 is 0.879 bits per heavy atom. The van der Waals surface area contributed by atoms with Gasteiger partial charge in [-0.2, -0.15) is 0 Å². The van der Waals surface area contributed by atoms with Crippen LogP contribution in [0.4, 0.5) is 0 Å². The Kier molecular flexibility index (Phi) is 17.4. The minimum Gasteiger partial charge on any atom is -0.505 e. The number of ether oxygens (including phenoxy) is 2. The Labute approximate surface area is 553 Å². The topological polar surface area (TPSA) is 68.8 Å². The van der Waals surface area contributed by atoms with Crippen LogP contribution in [0.5, 0.6) is 23.0 Å². The molecule has 2 aromatic heterocycles. The van der Waals surface area contributed by atoms with Gasteiger partial charge in [0.1, 0.15) is 23.0 Å². The molecule has 0 atom stereocenters. The van der Waals surface area contributed by atoms with E-state index in [-0.39, 0.29) is 54.8 Å². The van der Waals surface area contributed by atoms with Crippen molar-refractivity contribution in [3.05, 3.63) is 177 Å². The zero-order chi connectivity index (χ0) is 66.7. The van der Waals surface area contributed by atoms with Gasteiger partial charge in [0.2, 0.25) is 0 Å². The molecule has 0 aliphatic rings. The van der Waals surface area contributed by atoms with Crippen molar-refractivity contribution in [3.63, 3.8) is 0 Å². The van der Waals surface area contributed by atoms with Crippen molar-refractivity contribution < 1.29 is 19.7 Å². The second-order valence-corrected chi connectivity index (χ2v) is 34.8. The number of rotatable bonds is 14. The Morgan fingerprint density at radius 1 is 0.330 bits per heavy atom. The summed E-state index contributed by atoms with van der Waals surface area (Å²) in [4.78, 5) is 0. The number of hydrogen-bond donors (Lipinski definition) is 2. The average molecular weight is 1260 g/mol. The Morgan fingerprint density at radius 2 is 0.615 bits per heavy atom. The van der Waals surface area contributed by atoms with Gasteiger partial charge in [0.25, 0.3) is 0 Å². The molecule has 0 amide bonds. The van der Waals surface area contributed by atoms with Crippen molar-refractivity contribution >= 4 is 66.8 Å². The molecule has 0 bridgehead atoms. The minimum absolute atomic E-state index is 0.0122. The third-order valence-electron chi connectivity index (χ3n) is 18.4. The van der Waals surface area contributed by atoms with Gasteiger partial charge in [0.15, 0.2) is 0 Å². The van der Waals surface area contributed by atoms with Gasteiger partial charge in [-0.1, -0.05) is 200 Å². The molecule has 0 saturated carbocycles. The average Bonchev–Trinajstić information content (AvgIpc) is 1.62. The lowest BCUT2D eigenvalue weighted by molar-refractivity contribution is 0.248. The van der Waals surface area contributed by atoms with E-state index in [1.807, 2.05) is 36.4 Å². The number of nitrogens with zero attached hydrogens (tertiary/aromatic N) is 2. The van der Waals surface area contributed by atoms with Gasteiger partial charge in [-0.25, -0.2) is 0 Å². The molecular weight excluding hydrogens is 1160 g/mol. The maximum atomic E-state index is 13.1. The number of fused-ring (bicyclic) bond motifs is 6. The van der Waals surface area contributed by atoms with Crippen molar-refractivity contribution in [2.75, 3.05) is 13.2 Å². The number of aromatic hydroxyl groups is 2. The van der Waals surface area contributed by atoms with Crippen LogP contribution in [-0.4, -0.2) is 32.6 Å². The van der Waals surface area contributed by atoms with E-state index in [1.165, 1.54) is 22.3 Å². The molecule has 480 valence electrons. The number of halogens is 2. The summed E-state index contributed by atoms with van der Waals surface area (Å²) in [6.45, 7) is 50.6. The fourth-order valence-electron chi connectivity index (χ4n) is 14.2. The molecule has 10 rings (SSSR count). The van der Waals surface area contributed by atoms with E-state index in [9.17, 15) is 10.2 Å². The molecule has 10 aromatic rings. The van der Waals surface area contributed by atoms with E-state index in [4.69, 9.17) is 32.7 Å². The van der Waals surface area contributed by atoms with Crippen LogP contribution in [0.15, 0.2) is 133 Å². The van der Waals surface area contributed by atoms with Gasteiger partial charge in [-0.3, -0.25) is 0 Å². The summed E-state index contributed by atoms with van der Waals surface area (Å²) in [6.07, 6.45) is 2.31. The number of benzene rings is 8. The lowest BCUT2D eigenvalue weighted by Gasteiger charge is -2.34. The fourth-order valence-corrected chi connectivity index (χ4v) is 14.5. The highest BCUT2D eigenvalue weighted by Crippen LogP contribution is 2.51. The molecule has 0 saturated heterocycles. The van der Waals surface area contributed by atoms with E-state index in [0.717, 1.165) is 67.6 Å². The van der Waals surface area contributed by atoms with Crippen LogP contribution in [0, 0.1) is 10.8 Å². The zero-order valence-corrected chi connectivity index (χ0v) is 60.1. The molecular formula is C83H100Cl2N2O4. The highest BCUT2D eigenvalue weighted by Gasteiger charge is 2.34. The SMILES string of the molecule is CC(C)(C)CC(C)(C)c1cc(-c2cc(Cl)ccc2OCCCOc2ccc(Cl)cc2-c2cc(C(C)(C)CC(C)(C)C)cc(-n3c4ccc(C(C)(C)C)cc4c4cc(C(C)(C)C)ccc43)c2O)c(O)c(-n2c3ccc(C(C)(C)C)cc3c3cc(C(C)(C)C)ccc32)c1. The zero-order valence-electron chi connectivity index (χ0n) is 58.6. The van der Waals surface area contributed by atoms with Crippen LogP contribution in [-0.2, 0) is 32.5 Å². The lowest BCUT2D eigenvalue weighted by Crippen LogP contribution is -2.25.